The molecule has 0 aromatic carbocycles. The molecule has 0 aromatic heterocycles. The van der Waals surface area contributed by atoms with Crippen molar-refractivity contribution < 1.29 is 80.2 Å². The van der Waals surface area contributed by atoms with E-state index in [-0.39, 0.29) is 25.7 Å². The van der Waals surface area contributed by atoms with Gasteiger partial charge >= 0.3 is 39.5 Å². The first-order valence-corrected chi connectivity index (χ1v) is 43.5. The number of hydrogen-bond acceptors (Lipinski definition) is 15. The molecule has 0 heterocycles. The van der Waals surface area contributed by atoms with Crippen LogP contribution in [0.2, 0.25) is 0 Å². The summed E-state index contributed by atoms with van der Waals surface area (Å²) >= 11 is 0. The van der Waals surface area contributed by atoms with Gasteiger partial charge in [0.25, 0.3) is 0 Å². The van der Waals surface area contributed by atoms with E-state index in [0.717, 1.165) is 102 Å². The topological polar surface area (TPSA) is 237 Å². The van der Waals surface area contributed by atoms with Crippen molar-refractivity contribution in [1.82, 2.24) is 0 Å². The molecule has 97 heavy (non-hydrogen) atoms. The van der Waals surface area contributed by atoms with Crippen LogP contribution >= 0.6 is 15.6 Å². The molecule has 19 heteroatoms. The van der Waals surface area contributed by atoms with Crippen LogP contribution in [0, 0.1) is 11.8 Å². The Morgan fingerprint density at radius 2 is 0.474 bits per heavy atom. The van der Waals surface area contributed by atoms with Crippen molar-refractivity contribution in [2.75, 3.05) is 39.6 Å². The largest absolute Gasteiger partial charge is 0.472 e. The van der Waals surface area contributed by atoms with Crippen molar-refractivity contribution in [2.45, 2.75) is 426 Å². The Morgan fingerprint density at radius 3 is 0.701 bits per heavy atom. The van der Waals surface area contributed by atoms with E-state index in [2.05, 4.69) is 41.5 Å². The standard InChI is InChI=1S/C78H152O17P2/c1-7-9-11-13-15-17-19-21-22-23-24-25-26-27-28-29-35-39-43-51-57-63-78(83)94-73(66-88-75(80)60-54-48-41-37-34-31-30-32-36-40-46-52-58-70(3)4)68-92-96(84,85)90-64-72(79)65-91-97(86,87)93-69-74(67-89-76(81)61-55-49-45-44-47-53-59-71(5)6)95-77(82)62-56-50-42-38-33-20-18-16-14-12-10-8-2/h70-74,79H,7-69H2,1-6H3,(H,84,85)(H,86,87)/t72-,73-,74-/m1/s1. The molecule has 0 saturated carbocycles. The number of carbonyl (C=O) groups excluding carboxylic acids is 4. The molecular formula is C78H152O17P2. The van der Waals surface area contributed by atoms with E-state index in [4.69, 9.17) is 37.0 Å². The van der Waals surface area contributed by atoms with E-state index >= 15 is 0 Å². The van der Waals surface area contributed by atoms with Gasteiger partial charge in [-0.2, -0.15) is 0 Å². The Balaban J connectivity index is 5.20. The summed E-state index contributed by atoms with van der Waals surface area (Å²) in [5, 5.41) is 10.6. The fraction of sp³-hybridized carbons (Fsp3) is 0.949. The maximum Gasteiger partial charge on any atom is 0.472 e. The summed E-state index contributed by atoms with van der Waals surface area (Å²) in [6, 6.07) is 0. The van der Waals surface area contributed by atoms with Crippen molar-refractivity contribution >= 4 is 39.5 Å². The highest BCUT2D eigenvalue weighted by atomic mass is 31.2. The second-order valence-corrected chi connectivity index (χ2v) is 32.0. The molecule has 0 saturated heterocycles. The smallest absolute Gasteiger partial charge is 0.462 e. The summed E-state index contributed by atoms with van der Waals surface area (Å²) in [5.74, 6) is -0.654. The van der Waals surface area contributed by atoms with Crippen LogP contribution in [-0.4, -0.2) is 96.7 Å². The van der Waals surface area contributed by atoms with Crippen LogP contribution in [0.5, 0.6) is 0 Å². The van der Waals surface area contributed by atoms with Gasteiger partial charge < -0.3 is 33.8 Å². The maximum atomic E-state index is 13.1. The number of carbonyl (C=O) groups is 4. The average Bonchev–Trinajstić information content (AvgIpc) is 1.12. The summed E-state index contributed by atoms with van der Waals surface area (Å²) in [5.41, 5.74) is 0. The Morgan fingerprint density at radius 1 is 0.278 bits per heavy atom. The maximum absolute atomic E-state index is 13.1. The summed E-state index contributed by atoms with van der Waals surface area (Å²) in [4.78, 5) is 72.8. The second kappa shape index (κ2) is 69.8. The van der Waals surface area contributed by atoms with E-state index < -0.39 is 97.5 Å². The lowest BCUT2D eigenvalue weighted by Gasteiger charge is -2.21. The number of unbranched alkanes of at least 4 members (excludes halogenated alkanes) is 47. The zero-order chi connectivity index (χ0) is 71.4. The van der Waals surface area contributed by atoms with Crippen LogP contribution < -0.4 is 0 Å². The number of hydrogen-bond donors (Lipinski definition) is 3. The van der Waals surface area contributed by atoms with Crippen molar-refractivity contribution in [2.24, 2.45) is 11.8 Å². The minimum atomic E-state index is -4.96. The molecule has 0 aromatic rings. The third-order valence-corrected chi connectivity index (χ3v) is 20.1. The SMILES string of the molecule is CCCCCCCCCCCCCCCCCCCCCCCC(=O)O[C@H](COC(=O)CCCCCCCCCCCCCCC(C)C)COP(=O)(O)OC[C@@H](O)COP(=O)(O)OC[C@@H](COC(=O)CCCCCCCCC(C)C)OC(=O)CCCCCCCCCCCCCC. The van der Waals surface area contributed by atoms with Gasteiger partial charge in [0.1, 0.15) is 19.3 Å². The van der Waals surface area contributed by atoms with Crippen LogP contribution in [0.3, 0.4) is 0 Å². The van der Waals surface area contributed by atoms with Gasteiger partial charge in [-0.15, -0.1) is 0 Å². The number of aliphatic hydroxyl groups excluding tert-OH is 1. The van der Waals surface area contributed by atoms with Crippen LogP contribution in [0.4, 0.5) is 0 Å². The van der Waals surface area contributed by atoms with Gasteiger partial charge in [0.15, 0.2) is 12.2 Å². The van der Waals surface area contributed by atoms with Crippen molar-refractivity contribution in [3.8, 4) is 0 Å². The highest BCUT2D eigenvalue weighted by Crippen LogP contribution is 2.45. The lowest BCUT2D eigenvalue weighted by Crippen LogP contribution is -2.30. The molecule has 0 bridgehead atoms. The molecule has 0 aliphatic heterocycles. The Bertz CT molecular complexity index is 1870. The summed E-state index contributed by atoms with van der Waals surface area (Å²) in [7, 11) is -9.91. The van der Waals surface area contributed by atoms with Crippen LogP contribution in [0.25, 0.3) is 0 Å². The molecule has 0 fully saturated rings. The molecule has 17 nitrogen and oxygen atoms in total. The van der Waals surface area contributed by atoms with Gasteiger partial charge in [-0.3, -0.25) is 37.3 Å². The lowest BCUT2D eigenvalue weighted by atomic mass is 10.0. The predicted molar refractivity (Wildman–Crippen MR) is 395 cm³/mol. The molecule has 0 spiro atoms. The molecular weight excluding hydrogens is 1270 g/mol. The molecule has 0 radical (unpaired) electrons. The van der Waals surface area contributed by atoms with Gasteiger partial charge in [0.2, 0.25) is 0 Å². The first-order valence-electron chi connectivity index (χ1n) is 40.5. The van der Waals surface area contributed by atoms with E-state index in [0.29, 0.717) is 31.6 Å². The zero-order valence-corrected chi connectivity index (χ0v) is 65.2. The fourth-order valence-corrected chi connectivity index (χ4v) is 13.6. The molecule has 0 rings (SSSR count). The van der Waals surface area contributed by atoms with Crippen LogP contribution in [0.15, 0.2) is 0 Å². The van der Waals surface area contributed by atoms with Crippen LogP contribution in [-0.2, 0) is 65.4 Å². The van der Waals surface area contributed by atoms with Crippen molar-refractivity contribution in [1.29, 1.82) is 0 Å². The summed E-state index contributed by atoms with van der Waals surface area (Å²) in [6.45, 7) is 9.54. The third-order valence-electron chi connectivity index (χ3n) is 18.2. The van der Waals surface area contributed by atoms with Gasteiger partial charge in [0, 0.05) is 25.7 Å². The van der Waals surface area contributed by atoms with Gasteiger partial charge in [-0.1, -0.05) is 356 Å². The number of phosphoric ester groups is 2. The normalized spacial score (nSPS) is 14.0. The van der Waals surface area contributed by atoms with E-state index in [1.54, 1.807) is 0 Å². The Labute approximate surface area is 594 Å². The Hall–Kier alpha value is -1.94. The number of phosphoric acid groups is 2. The van der Waals surface area contributed by atoms with E-state index in [1.165, 1.54) is 218 Å². The molecule has 0 aliphatic rings. The van der Waals surface area contributed by atoms with E-state index in [9.17, 15) is 43.2 Å². The molecule has 0 amide bonds. The number of rotatable bonds is 77. The van der Waals surface area contributed by atoms with Gasteiger partial charge in [-0.05, 0) is 37.5 Å². The van der Waals surface area contributed by atoms with Crippen molar-refractivity contribution in [3.05, 3.63) is 0 Å². The predicted octanol–water partition coefficient (Wildman–Crippen LogP) is 23.1. The zero-order valence-electron chi connectivity index (χ0n) is 63.4. The van der Waals surface area contributed by atoms with E-state index in [1.807, 2.05) is 0 Å². The lowest BCUT2D eigenvalue weighted by molar-refractivity contribution is -0.161. The van der Waals surface area contributed by atoms with Crippen molar-refractivity contribution in [3.63, 3.8) is 0 Å². The fourth-order valence-electron chi connectivity index (χ4n) is 12.0. The first kappa shape index (κ1) is 95.1. The molecule has 5 atom stereocenters. The third kappa shape index (κ3) is 72.2. The summed E-state index contributed by atoms with van der Waals surface area (Å²) in [6.07, 6.45) is 58.5. The molecule has 3 N–H and O–H groups in total. The summed E-state index contributed by atoms with van der Waals surface area (Å²) < 4.78 is 68.5. The minimum absolute atomic E-state index is 0.106. The highest BCUT2D eigenvalue weighted by molar-refractivity contribution is 7.47. The average molecular weight is 1420 g/mol. The monoisotopic (exact) mass is 1420 g/mol. The molecule has 0 aliphatic carbocycles. The molecule has 576 valence electrons. The second-order valence-electron chi connectivity index (χ2n) is 29.1. The minimum Gasteiger partial charge on any atom is -0.462 e. The Kier molecular flexibility index (Phi) is 68.4. The number of esters is 4. The quantitative estimate of drug-likeness (QED) is 0.0222. The number of ether oxygens (including phenoxy) is 4. The van der Waals surface area contributed by atoms with Crippen LogP contribution in [0.1, 0.15) is 408 Å². The van der Waals surface area contributed by atoms with Gasteiger partial charge in [-0.25, -0.2) is 9.13 Å². The molecule has 2 unspecified atom stereocenters. The first-order chi connectivity index (χ1) is 46.9. The number of aliphatic hydroxyl groups is 1. The highest BCUT2D eigenvalue weighted by Gasteiger charge is 2.30. The van der Waals surface area contributed by atoms with Gasteiger partial charge in [0.05, 0.1) is 26.4 Å².